The molecule has 6 nitrogen and oxygen atoms in total. The van der Waals surface area contributed by atoms with Crippen LogP contribution in [0.3, 0.4) is 0 Å². The molecule has 0 bridgehead atoms. The maximum absolute atomic E-state index is 11.7. The van der Waals surface area contributed by atoms with Crippen molar-refractivity contribution in [1.29, 1.82) is 0 Å². The van der Waals surface area contributed by atoms with Gasteiger partial charge in [-0.25, -0.2) is 4.99 Å². The van der Waals surface area contributed by atoms with E-state index >= 15 is 0 Å². The van der Waals surface area contributed by atoms with Crippen molar-refractivity contribution < 1.29 is 9.53 Å². The van der Waals surface area contributed by atoms with Crippen molar-refractivity contribution in [2.24, 2.45) is 4.99 Å². The quantitative estimate of drug-likeness (QED) is 0.245. The number of ether oxygens (including phenoxy) is 1. The fourth-order valence-electron chi connectivity index (χ4n) is 2.57. The third kappa shape index (κ3) is 9.93. The largest absolute Gasteiger partial charge is 0.383 e. The average Bonchev–Trinajstić information content (AvgIpc) is 2.53. The second-order valence-corrected chi connectivity index (χ2v) is 7.54. The van der Waals surface area contributed by atoms with E-state index in [1.165, 1.54) is 18.6 Å². The lowest BCUT2D eigenvalue weighted by Gasteiger charge is -2.30. The van der Waals surface area contributed by atoms with E-state index in [9.17, 15) is 4.79 Å². The van der Waals surface area contributed by atoms with Gasteiger partial charge in [-0.1, -0.05) is 13.3 Å². The summed E-state index contributed by atoms with van der Waals surface area (Å²) in [5.74, 6) is 1.88. The highest BCUT2D eigenvalue weighted by Crippen LogP contribution is 2.28. The first-order chi connectivity index (χ1) is 11.1. The molecule has 0 aromatic heterocycles. The van der Waals surface area contributed by atoms with Gasteiger partial charge in [0, 0.05) is 39.0 Å². The van der Waals surface area contributed by atoms with E-state index in [2.05, 4.69) is 22.5 Å². The lowest BCUT2D eigenvalue weighted by atomic mass is 9.95. The summed E-state index contributed by atoms with van der Waals surface area (Å²) in [6, 6.07) is 0.427. The molecule has 2 unspecified atom stereocenters. The van der Waals surface area contributed by atoms with Gasteiger partial charge in [0.25, 0.3) is 0 Å². The van der Waals surface area contributed by atoms with Gasteiger partial charge < -0.3 is 20.3 Å². The van der Waals surface area contributed by atoms with Crippen LogP contribution in [0.5, 0.6) is 0 Å². The van der Waals surface area contributed by atoms with Crippen LogP contribution < -0.4 is 10.6 Å². The number of rotatable bonds is 8. The number of hydrogen-bond acceptors (Lipinski definition) is 4. The van der Waals surface area contributed by atoms with E-state index in [4.69, 9.17) is 4.74 Å². The monoisotopic (exact) mass is 472 g/mol. The second kappa shape index (κ2) is 14.0. The molecule has 0 aliphatic heterocycles. The molecule has 1 amide bonds. The van der Waals surface area contributed by atoms with Crippen LogP contribution in [0, 0.1) is 0 Å². The molecule has 0 radical (unpaired) electrons. The van der Waals surface area contributed by atoms with Crippen molar-refractivity contribution in [3.63, 3.8) is 0 Å². The predicted octanol–water partition coefficient (Wildman–Crippen LogP) is 1.94. The van der Waals surface area contributed by atoms with Crippen molar-refractivity contribution in [1.82, 2.24) is 15.5 Å². The number of carbonyl (C=O) groups is 1. The van der Waals surface area contributed by atoms with Crippen LogP contribution in [-0.4, -0.2) is 74.7 Å². The maximum Gasteiger partial charge on any atom is 0.243 e. The number of guanidine groups is 1. The number of nitrogens with one attached hydrogen (secondary N) is 2. The SMILES string of the molecule is CCSC1CCCC(NC(=NCC(=O)N(C)C)NCCOC)C1.I. The van der Waals surface area contributed by atoms with Crippen LogP contribution in [0.4, 0.5) is 0 Å². The Balaban J connectivity index is 0.00000529. The van der Waals surface area contributed by atoms with Gasteiger partial charge >= 0.3 is 0 Å². The van der Waals surface area contributed by atoms with Gasteiger partial charge in [0.2, 0.25) is 5.91 Å². The van der Waals surface area contributed by atoms with E-state index < -0.39 is 0 Å². The van der Waals surface area contributed by atoms with Crippen LogP contribution in [0.2, 0.25) is 0 Å². The van der Waals surface area contributed by atoms with E-state index in [1.807, 2.05) is 11.8 Å². The number of aliphatic imine (C=N–C) groups is 1. The molecule has 142 valence electrons. The molecule has 0 aromatic rings. The Labute approximate surface area is 168 Å². The summed E-state index contributed by atoms with van der Waals surface area (Å²) in [5.41, 5.74) is 0. The minimum absolute atomic E-state index is 0. The molecule has 1 saturated carbocycles. The zero-order valence-corrected chi connectivity index (χ0v) is 18.5. The number of methoxy groups -OCH3 is 1. The smallest absolute Gasteiger partial charge is 0.243 e. The normalized spacial score (nSPS) is 20.9. The maximum atomic E-state index is 11.7. The van der Waals surface area contributed by atoms with Gasteiger partial charge in [0.15, 0.2) is 5.96 Å². The second-order valence-electron chi connectivity index (χ2n) is 5.96. The summed E-state index contributed by atoms with van der Waals surface area (Å²) in [7, 11) is 5.17. The van der Waals surface area contributed by atoms with Gasteiger partial charge in [-0.3, -0.25) is 4.79 Å². The van der Waals surface area contributed by atoms with Crippen molar-refractivity contribution in [2.45, 2.75) is 43.9 Å². The average molecular weight is 472 g/mol. The topological polar surface area (TPSA) is 66.0 Å². The van der Waals surface area contributed by atoms with Gasteiger partial charge in [0.05, 0.1) is 6.61 Å². The molecule has 1 aliphatic carbocycles. The molecule has 0 heterocycles. The minimum Gasteiger partial charge on any atom is -0.383 e. The highest BCUT2D eigenvalue weighted by Gasteiger charge is 2.22. The zero-order chi connectivity index (χ0) is 17.1. The molecular formula is C16H33IN4O2S. The molecule has 0 saturated heterocycles. The third-order valence-electron chi connectivity index (χ3n) is 3.84. The van der Waals surface area contributed by atoms with Crippen molar-refractivity contribution in [3.05, 3.63) is 0 Å². The molecular weight excluding hydrogens is 439 g/mol. The Morgan fingerprint density at radius 3 is 2.75 bits per heavy atom. The first kappa shape index (κ1) is 23.8. The van der Waals surface area contributed by atoms with Crippen molar-refractivity contribution in [2.75, 3.05) is 46.7 Å². The molecule has 8 heteroatoms. The molecule has 1 fully saturated rings. The molecule has 1 rings (SSSR count). The first-order valence-corrected chi connectivity index (χ1v) is 9.47. The van der Waals surface area contributed by atoms with Crippen LogP contribution >= 0.6 is 35.7 Å². The Morgan fingerprint density at radius 1 is 1.38 bits per heavy atom. The van der Waals surface area contributed by atoms with E-state index in [-0.39, 0.29) is 36.4 Å². The standard InChI is InChI=1S/C16H32N4O2S.HI/c1-5-23-14-8-6-7-13(11-14)19-16(17-9-10-22-4)18-12-15(21)20(2)3;/h13-14H,5-12H2,1-4H3,(H2,17,18,19);1H. The van der Waals surface area contributed by atoms with Crippen molar-refractivity contribution >= 4 is 47.6 Å². The fraction of sp³-hybridized carbons (Fsp3) is 0.875. The molecule has 24 heavy (non-hydrogen) atoms. The van der Waals surface area contributed by atoms with E-state index in [0.29, 0.717) is 25.2 Å². The number of nitrogens with zero attached hydrogens (tertiary/aromatic N) is 2. The van der Waals surface area contributed by atoms with Gasteiger partial charge in [0.1, 0.15) is 6.54 Å². The number of carbonyl (C=O) groups excluding carboxylic acids is 1. The number of halogens is 1. The Hall–Kier alpha value is -0.220. The highest BCUT2D eigenvalue weighted by atomic mass is 127. The predicted molar refractivity (Wildman–Crippen MR) is 114 cm³/mol. The number of likely N-dealkylation sites (N-methyl/N-ethyl adjacent to an activating group) is 1. The molecule has 0 aromatic carbocycles. The lowest BCUT2D eigenvalue weighted by molar-refractivity contribution is -0.127. The Kier molecular flexibility index (Phi) is 13.9. The zero-order valence-electron chi connectivity index (χ0n) is 15.3. The molecule has 1 aliphatic rings. The summed E-state index contributed by atoms with van der Waals surface area (Å²) in [5, 5.41) is 7.47. The van der Waals surface area contributed by atoms with Crippen LogP contribution in [-0.2, 0) is 9.53 Å². The fourth-order valence-corrected chi connectivity index (χ4v) is 3.74. The van der Waals surface area contributed by atoms with E-state index in [1.54, 1.807) is 26.1 Å². The minimum atomic E-state index is 0. The summed E-state index contributed by atoms with van der Waals surface area (Å²) < 4.78 is 5.07. The summed E-state index contributed by atoms with van der Waals surface area (Å²) in [6.45, 7) is 3.67. The van der Waals surface area contributed by atoms with Crippen LogP contribution in [0.15, 0.2) is 4.99 Å². The summed E-state index contributed by atoms with van der Waals surface area (Å²) >= 11 is 2.05. The Bertz CT molecular complexity index is 381. The van der Waals surface area contributed by atoms with Gasteiger partial charge in [-0.15, -0.1) is 24.0 Å². The number of amides is 1. The first-order valence-electron chi connectivity index (χ1n) is 8.42. The number of thioether (sulfide) groups is 1. The van der Waals surface area contributed by atoms with Gasteiger partial charge in [-0.05, 0) is 25.0 Å². The van der Waals surface area contributed by atoms with E-state index in [0.717, 1.165) is 18.1 Å². The summed E-state index contributed by atoms with van der Waals surface area (Å²) in [6.07, 6.45) is 4.87. The third-order valence-corrected chi connectivity index (χ3v) is 5.07. The molecule has 0 spiro atoms. The number of hydrogen-bond donors (Lipinski definition) is 2. The lowest BCUT2D eigenvalue weighted by Crippen LogP contribution is -2.47. The van der Waals surface area contributed by atoms with Gasteiger partial charge in [-0.2, -0.15) is 11.8 Å². The van der Waals surface area contributed by atoms with Crippen LogP contribution in [0.25, 0.3) is 0 Å². The van der Waals surface area contributed by atoms with Crippen LogP contribution in [0.1, 0.15) is 32.6 Å². The van der Waals surface area contributed by atoms with Crippen molar-refractivity contribution in [3.8, 4) is 0 Å². The highest BCUT2D eigenvalue weighted by molar-refractivity contribution is 14.0. The molecule has 2 N–H and O–H groups in total. The Morgan fingerprint density at radius 2 is 2.12 bits per heavy atom. The summed E-state index contributed by atoms with van der Waals surface area (Å²) in [4.78, 5) is 17.7. The molecule has 2 atom stereocenters.